The molecule has 0 heterocycles. The molecule has 0 aliphatic rings. The lowest BCUT2D eigenvalue weighted by molar-refractivity contribution is 0.506. The van der Waals surface area contributed by atoms with Gasteiger partial charge in [-0.05, 0) is 30.3 Å². The van der Waals surface area contributed by atoms with Crippen LogP contribution < -0.4 is 5.73 Å². The van der Waals surface area contributed by atoms with E-state index >= 15 is 0 Å². The Kier molecular flexibility index (Phi) is 3.54. The first-order chi connectivity index (χ1) is 8.08. The lowest BCUT2D eigenvalue weighted by Crippen LogP contribution is -1.90. The Bertz CT molecular complexity index is 560. The minimum Gasteiger partial charge on any atom is -0.397 e. The van der Waals surface area contributed by atoms with Crippen molar-refractivity contribution in [2.75, 3.05) is 5.73 Å². The molecule has 0 radical (unpaired) electrons. The summed E-state index contributed by atoms with van der Waals surface area (Å²) in [5.74, 6) is -1.75. The van der Waals surface area contributed by atoms with Crippen LogP contribution in [-0.4, -0.2) is 0 Å². The van der Waals surface area contributed by atoms with Crippen LogP contribution in [0.1, 0.15) is 0 Å². The summed E-state index contributed by atoms with van der Waals surface area (Å²) in [6, 6.07) is 8.89. The van der Waals surface area contributed by atoms with E-state index < -0.39 is 11.6 Å². The van der Waals surface area contributed by atoms with E-state index in [1.807, 2.05) is 0 Å². The van der Waals surface area contributed by atoms with Gasteiger partial charge >= 0.3 is 0 Å². The second kappa shape index (κ2) is 4.94. The predicted octanol–water partition coefficient (Wildman–Crippen LogP) is 4.35. The van der Waals surface area contributed by atoms with Crippen LogP contribution in [0.25, 0.3) is 0 Å². The third kappa shape index (κ3) is 2.70. The summed E-state index contributed by atoms with van der Waals surface area (Å²) < 4.78 is 25.8. The normalized spacial score (nSPS) is 10.5. The van der Waals surface area contributed by atoms with E-state index in [0.717, 1.165) is 12.1 Å². The third-order valence-electron chi connectivity index (χ3n) is 2.13. The topological polar surface area (TPSA) is 26.0 Å². The second-order valence-electron chi connectivity index (χ2n) is 3.33. The summed E-state index contributed by atoms with van der Waals surface area (Å²) in [7, 11) is 0. The monoisotopic (exact) mass is 271 g/mol. The van der Waals surface area contributed by atoms with Gasteiger partial charge in [-0.2, -0.15) is 0 Å². The fourth-order valence-corrected chi connectivity index (χ4v) is 2.42. The van der Waals surface area contributed by atoms with Gasteiger partial charge in [0.1, 0.15) is 0 Å². The van der Waals surface area contributed by atoms with Gasteiger partial charge in [-0.1, -0.05) is 29.4 Å². The van der Waals surface area contributed by atoms with Crippen LogP contribution in [0.2, 0.25) is 5.02 Å². The van der Waals surface area contributed by atoms with E-state index in [9.17, 15) is 8.78 Å². The number of hydrogen-bond acceptors (Lipinski definition) is 2. The Morgan fingerprint density at radius 1 is 1.06 bits per heavy atom. The summed E-state index contributed by atoms with van der Waals surface area (Å²) >= 11 is 7.10. The van der Waals surface area contributed by atoms with Crippen molar-refractivity contribution in [1.29, 1.82) is 0 Å². The molecule has 17 heavy (non-hydrogen) atoms. The number of halogens is 3. The van der Waals surface area contributed by atoms with E-state index in [1.165, 1.54) is 17.8 Å². The summed E-state index contributed by atoms with van der Waals surface area (Å²) in [6.45, 7) is 0. The van der Waals surface area contributed by atoms with Crippen molar-refractivity contribution in [2.45, 2.75) is 9.79 Å². The quantitative estimate of drug-likeness (QED) is 0.822. The van der Waals surface area contributed by atoms with E-state index in [0.29, 0.717) is 20.5 Å². The van der Waals surface area contributed by atoms with Crippen molar-refractivity contribution in [3.63, 3.8) is 0 Å². The zero-order chi connectivity index (χ0) is 12.4. The highest BCUT2D eigenvalue weighted by Gasteiger charge is 2.07. The molecule has 0 atom stereocenters. The zero-order valence-electron chi connectivity index (χ0n) is 8.58. The smallest absolute Gasteiger partial charge is 0.159 e. The fourth-order valence-electron chi connectivity index (χ4n) is 1.27. The average molecular weight is 272 g/mol. The van der Waals surface area contributed by atoms with E-state index in [2.05, 4.69) is 0 Å². The average Bonchev–Trinajstić information content (AvgIpc) is 2.30. The maximum Gasteiger partial charge on any atom is 0.159 e. The Morgan fingerprint density at radius 3 is 2.53 bits per heavy atom. The lowest BCUT2D eigenvalue weighted by Gasteiger charge is -2.06. The molecule has 0 unspecified atom stereocenters. The van der Waals surface area contributed by atoms with Crippen molar-refractivity contribution in [1.82, 2.24) is 0 Å². The molecule has 2 aromatic carbocycles. The molecule has 0 bridgehead atoms. The minimum absolute atomic E-state index is 0.434. The van der Waals surface area contributed by atoms with Crippen molar-refractivity contribution >= 4 is 29.1 Å². The molecule has 1 nitrogen and oxygen atoms in total. The molecule has 0 saturated heterocycles. The molecule has 0 amide bonds. The standard InChI is InChI=1S/C12H8ClF2NS/c13-8-2-1-3-11(12(8)16)17-7-4-5-9(14)10(15)6-7/h1-6H,16H2. The first kappa shape index (κ1) is 12.2. The van der Waals surface area contributed by atoms with Crippen LogP contribution in [0.3, 0.4) is 0 Å². The van der Waals surface area contributed by atoms with E-state index in [1.54, 1.807) is 18.2 Å². The summed E-state index contributed by atoms with van der Waals surface area (Å²) in [6.07, 6.45) is 0. The zero-order valence-corrected chi connectivity index (χ0v) is 10.2. The SMILES string of the molecule is Nc1c(Cl)cccc1Sc1ccc(F)c(F)c1. The number of rotatable bonds is 2. The molecular weight excluding hydrogens is 264 g/mol. The molecule has 2 rings (SSSR count). The van der Waals surface area contributed by atoms with Gasteiger partial charge in [0.15, 0.2) is 11.6 Å². The number of benzene rings is 2. The molecule has 0 spiro atoms. The molecule has 0 aliphatic heterocycles. The Hall–Kier alpha value is -1.26. The van der Waals surface area contributed by atoms with Gasteiger partial charge in [-0.3, -0.25) is 0 Å². The molecule has 2 aromatic rings. The molecule has 5 heteroatoms. The van der Waals surface area contributed by atoms with E-state index in [4.69, 9.17) is 17.3 Å². The number of anilines is 1. The molecule has 88 valence electrons. The number of nitrogens with two attached hydrogens (primary N) is 1. The lowest BCUT2D eigenvalue weighted by atomic mass is 10.3. The summed E-state index contributed by atoms with van der Waals surface area (Å²) in [5.41, 5.74) is 6.21. The van der Waals surface area contributed by atoms with Crippen LogP contribution in [0.5, 0.6) is 0 Å². The Balaban J connectivity index is 2.31. The Morgan fingerprint density at radius 2 is 1.82 bits per heavy atom. The molecular formula is C12H8ClF2NS. The molecule has 0 fully saturated rings. The second-order valence-corrected chi connectivity index (χ2v) is 4.85. The van der Waals surface area contributed by atoms with Gasteiger partial charge in [0.2, 0.25) is 0 Å². The molecule has 0 aromatic heterocycles. The van der Waals surface area contributed by atoms with Crippen molar-refractivity contribution in [3.05, 3.63) is 53.1 Å². The molecule has 0 saturated carbocycles. The van der Waals surface area contributed by atoms with Crippen LogP contribution in [0.15, 0.2) is 46.2 Å². The maximum atomic E-state index is 13.0. The van der Waals surface area contributed by atoms with Crippen LogP contribution in [-0.2, 0) is 0 Å². The maximum absolute atomic E-state index is 13.0. The highest BCUT2D eigenvalue weighted by molar-refractivity contribution is 7.99. The first-order valence-corrected chi connectivity index (χ1v) is 5.94. The molecule has 2 N–H and O–H groups in total. The van der Waals surface area contributed by atoms with Crippen LogP contribution in [0, 0.1) is 11.6 Å². The number of hydrogen-bond donors (Lipinski definition) is 1. The highest BCUT2D eigenvalue weighted by Crippen LogP contribution is 2.35. The predicted molar refractivity (Wildman–Crippen MR) is 66.3 cm³/mol. The highest BCUT2D eigenvalue weighted by atomic mass is 35.5. The summed E-state index contributed by atoms with van der Waals surface area (Å²) in [4.78, 5) is 1.28. The van der Waals surface area contributed by atoms with Crippen molar-refractivity contribution < 1.29 is 8.78 Å². The summed E-state index contributed by atoms with van der Waals surface area (Å²) in [5, 5.41) is 0.442. The molecule has 0 aliphatic carbocycles. The number of para-hydroxylation sites is 1. The van der Waals surface area contributed by atoms with Crippen LogP contribution >= 0.6 is 23.4 Å². The van der Waals surface area contributed by atoms with Gasteiger partial charge in [-0.15, -0.1) is 0 Å². The Labute approximate surface area is 107 Å². The third-order valence-corrected chi connectivity index (χ3v) is 3.53. The van der Waals surface area contributed by atoms with Gasteiger partial charge in [0.25, 0.3) is 0 Å². The van der Waals surface area contributed by atoms with Crippen LogP contribution in [0.4, 0.5) is 14.5 Å². The van der Waals surface area contributed by atoms with Gasteiger partial charge in [0.05, 0.1) is 10.7 Å². The van der Waals surface area contributed by atoms with Gasteiger partial charge in [-0.25, -0.2) is 8.78 Å². The largest absolute Gasteiger partial charge is 0.397 e. The van der Waals surface area contributed by atoms with Gasteiger partial charge < -0.3 is 5.73 Å². The van der Waals surface area contributed by atoms with Crippen molar-refractivity contribution in [2.24, 2.45) is 0 Å². The van der Waals surface area contributed by atoms with Crippen molar-refractivity contribution in [3.8, 4) is 0 Å². The minimum atomic E-state index is -0.879. The first-order valence-electron chi connectivity index (χ1n) is 4.75. The number of nitrogen functional groups attached to an aromatic ring is 1. The van der Waals surface area contributed by atoms with E-state index in [-0.39, 0.29) is 0 Å². The fraction of sp³-hybridized carbons (Fsp3) is 0. The van der Waals surface area contributed by atoms with Gasteiger partial charge in [0, 0.05) is 9.79 Å².